The quantitative estimate of drug-likeness (QED) is 0.674. The van der Waals surface area contributed by atoms with E-state index in [4.69, 9.17) is 4.74 Å². The van der Waals surface area contributed by atoms with Crippen LogP contribution in [0.5, 0.6) is 5.75 Å². The van der Waals surface area contributed by atoms with Gasteiger partial charge in [0.1, 0.15) is 5.75 Å². The van der Waals surface area contributed by atoms with E-state index < -0.39 is 0 Å². The second-order valence-electron chi connectivity index (χ2n) is 7.89. The lowest BCUT2D eigenvalue weighted by molar-refractivity contribution is 0.161. The van der Waals surface area contributed by atoms with E-state index in [2.05, 4.69) is 53.1 Å². The molecule has 1 atom stereocenters. The first-order valence-corrected chi connectivity index (χ1v) is 10.0. The highest BCUT2D eigenvalue weighted by atomic mass is 16.5. The first-order valence-electron chi connectivity index (χ1n) is 10.0. The van der Waals surface area contributed by atoms with Crippen molar-refractivity contribution in [3.63, 3.8) is 0 Å². The van der Waals surface area contributed by atoms with Crippen molar-refractivity contribution in [1.82, 2.24) is 14.7 Å². The van der Waals surface area contributed by atoms with Gasteiger partial charge in [-0.1, -0.05) is 24.6 Å². The topological polar surface area (TPSA) is 19.0 Å². The highest BCUT2D eigenvalue weighted by Gasteiger charge is 2.28. The second kappa shape index (κ2) is 9.56. The minimum absolute atomic E-state index is 0.772. The zero-order valence-corrected chi connectivity index (χ0v) is 16.1. The van der Waals surface area contributed by atoms with Gasteiger partial charge in [0.05, 0.1) is 6.61 Å². The van der Waals surface area contributed by atoms with E-state index >= 15 is 0 Å². The molecule has 2 heterocycles. The minimum atomic E-state index is 0.772. The minimum Gasteiger partial charge on any atom is -0.493 e. The number of ether oxygens (including phenoxy) is 1. The number of piperidine rings is 1. The van der Waals surface area contributed by atoms with E-state index in [1.54, 1.807) is 0 Å². The first-order chi connectivity index (χ1) is 12.2. The van der Waals surface area contributed by atoms with Crippen LogP contribution in [0.15, 0.2) is 24.3 Å². The van der Waals surface area contributed by atoms with E-state index in [1.165, 1.54) is 57.4 Å². The van der Waals surface area contributed by atoms with Crippen LogP contribution in [0.25, 0.3) is 0 Å². The Morgan fingerprint density at radius 1 is 1.08 bits per heavy atom. The molecule has 0 N–H and O–H groups in total. The Labute approximate surface area is 153 Å². The Kier molecular flexibility index (Phi) is 7.14. The van der Waals surface area contributed by atoms with E-state index in [1.807, 2.05) is 0 Å². The molecule has 0 bridgehead atoms. The summed E-state index contributed by atoms with van der Waals surface area (Å²) in [5.74, 6) is 1.07. The molecule has 0 radical (unpaired) electrons. The van der Waals surface area contributed by atoms with Gasteiger partial charge >= 0.3 is 0 Å². The number of likely N-dealkylation sites (tertiary alicyclic amines) is 2. The van der Waals surface area contributed by atoms with Crippen LogP contribution in [0, 0.1) is 0 Å². The van der Waals surface area contributed by atoms with Crippen LogP contribution in [0.2, 0.25) is 0 Å². The number of hydrogen-bond acceptors (Lipinski definition) is 4. The average molecular weight is 346 g/mol. The summed E-state index contributed by atoms with van der Waals surface area (Å²) < 4.78 is 6.08. The molecule has 0 aliphatic carbocycles. The highest BCUT2D eigenvalue weighted by Crippen LogP contribution is 2.25. The summed E-state index contributed by atoms with van der Waals surface area (Å²) in [7, 11) is 4.22. The van der Waals surface area contributed by atoms with E-state index in [0.29, 0.717) is 0 Å². The molecule has 0 aromatic heterocycles. The van der Waals surface area contributed by atoms with Crippen molar-refractivity contribution in [1.29, 1.82) is 0 Å². The fourth-order valence-corrected chi connectivity index (χ4v) is 4.12. The van der Waals surface area contributed by atoms with Crippen LogP contribution < -0.4 is 4.74 Å². The van der Waals surface area contributed by atoms with Gasteiger partial charge in [-0.3, -0.25) is 9.80 Å². The third-order valence-electron chi connectivity index (χ3n) is 5.53. The van der Waals surface area contributed by atoms with Gasteiger partial charge in [-0.25, -0.2) is 0 Å². The molecule has 1 aromatic carbocycles. The molecule has 4 heteroatoms. The van der Waals surface area contributed by atoms with Crippen molar-refractivity contribution in [2.45, 2.75) is 44.7 Å². The van der Waals surface area contributed by atoms with Crippen molar-refractivity contribution in [2.75, 3.05) is 53.4 Å². The fourth-order valence-electron chi connectivity index (χ4n) is 4.12. The van der Waals surface area contributed by atoms with Crippen molar-refractivity contribution in [3.8, 4) is 5.75 Å². The molecule has 4 nitrogen and oxygen atoms in total. The summed E-state index contributed by atoms with van der Waals surface area (Å²) in [6, 6.07) is 9.36. The van der Waals surface area contributed by atoms with Gasteiger partial charge in [0.15, 0.2) is 0 Å². The summed E-state index contributed by atoms with van der Waals surface area (Å²) in [6.07, 6.45) is 6.60. The van der Waals surface area contributed by atoms with Crippen LogP contribution in [0.3, 0.4) is 0 Å². The molecule has 0 spiro atoms. The highest BCUT2D eigenvalue weighted by molar-refractivity contribution is 5.33. The molecule has 2 saturated heterocycles. The normalized spacial score (nSPS) is 22.6. The molecule has 140 valence electrons. The number of para-hydroxylation sites is 1. The third-order valence-corrected chi connectivity index (χ3v) is 5.53. The standard InChI is InChI=1S/C21H35N3O/c1-22(2)12-8-16-25-21-10-5-4-9-19(21)17-23-15-11-20(18-23)24-13-6-3-7-14-24/h4-5,9-10,20H,3,6-8,11-18H2,1-2H3/t20-/m0/s1. The van der Waals surface area contributed by atoms with Gasteiger partial charge < -0.3 is 9.64 Å². The monoisotopic (exact) mass is 345 g/mol. The molecule has 0 saturated carbocycles. The summed E-state index contributed by atoms with van der Waals surface area (Å²) in [5, 5.41) is 0. The Morgan fingerprint density at radius 2 is 1.88 bits per heavy atom. The number of benzene rings is 1. The maximum absolute atomic E-state index is 6.08. The van der Waals surface area contributed by atoms with Gasteiger partial charge in [0.2, 0.25) is 0 Å². The molecule has 2 aliphatic rings. The van der Waals surface area contributed by atoms with Gasteiger partial charge in [0, 0.05) is 37.8 Å². The number of nitrogens with zero attached hydrogens (tertiary/aromatic N) is 3. The number of rotatable bonds is 8. The average Bonchev–Trinajstić information content (AvgIpc) is 3.09. The molecule has 2 fully saturated rings. The van der Waals surface area contributed by atoms with Crippen LogP contribution in [-0.2, 0) is 6.54 Å². The molecule has 0 unspecified atom stereocenters. The van der Waals surface area contributed by atoms with Crippen LogP contribution in [-0.4, -0.2) is 74.2 Å². The predicted octanol–water partition coefficient (Wildman–Crippen LogP) is 3.08. The van der Waals surface area contributed by atoms with E-state index in [-0.39, 0.29) is 0 Å². The SMILES string of the molecule is CN(C)CCCOc1ccccc1CN1CC[C@H](N2CCCCC2)C1. The zero-order chi connectivity index (χ0) is 17.5. The fraction of sp³-hybridized carbons (Fsp3) is 0.714. The Morgan fingerprint density at radius 3 is 2.68 bits per heavy atom. The van der Waals surface area contributed by atoms with Crippen LogP contribution in [0.1, 0.15) is 37.7 Å². The molecular weight excluding hydrogens is 310 g/mol. The maximum Gasteiger partial charge on any atom is 0.123 e. The predicted molar refractivity (Wildman–Crippen MR) is 104 cm³/mol. The number of hydrogen-bond donors (Lipinski definition) is 0. The van der Waals surface area contributed by atoms with Gasteiger partial charge in [-0.2, -0.15) is 0 Å². The lowest BCUT2D eigenvalue weighted by atomic mass is 10.1. The smallest absolute Gasteiger partial charge is 0.123 e. The summed E-state index contributed by atoms with van der Waals surface area (Å²) in [4.78, 5) is 7.55. The molecule has 3 rings (SSSR count). The molecule has 0 amide bonds. The largest absolute Gasteiger partial charge is 0.493 e. The van der Waals surface area contributed by atoms with Crippen LogP contribution in [0.4, 0.5) is 0 Å². The summed E-state index contributed by atoms with van der Waals surface area (Å²) in [6.45, 7) is 7.95. The van der Waals surface area contributed by atoms with E-state index in [0.717, 1.165) is 37.9 Å². The van der Waals surface area contributed by atoms with Crippen molar-refractivity contribution in [2.24, 2.45) is 0 Å². The summed E-state index contributed by atoms with van der Waals surface area (Å²) >= 11 is 0. The third kappa shape index (κ3) is 5.70. The molecule has 2 aliphatic heterocycles. The lowest BCUT2D eigenvalue weighted by Gasteiger charge is -2.32. The Bertz CT molecular complexity index is 514. The van der Waals surface area contributed by atoms with Crippen LogP contribution >= 0.6 is 0 Å². The molecular formula is C21H35N3O. The van der Waals surface area contributed by atoms with Crippen molar-refractivity contribution < 1.29 is 4.74 Å². The second-order valence-corrected chi connectivity index (χ2v) is 7.89. The summed E-state index contributed by atoms with van der Waals surface area (Å²) in [5.41, 5.74) is 1.34. The van der Waals surface area contributed by atoms with Gasteiger partial charge in [-0.05, 0) is 58.9 Å². The van der Waals surface area contributed by atoms with Gasteiger partial charge in [0.25, 0.3) is 0 Å². The lowest BCUT2D eigenvalue weighted by Crippen LogP contribution is -2.40. The zero-order valence-electron chi connectivity index (χ0n) is 16.1. The van der Waals surface area contributed by atoms with Crippen molar-refractivity contribution >= 4 is 0 Å². The van der Waals surface area contributed by atoms with E-state index in [9.17, 15) is 0 Å². The maximum atomic E-state index is 6.08. The van der Waals surface area contributed by atoms with Crippen molar-refractivity contribution in [3.05, 3.63) is 29.8 Å². The Balaban J connectivity index is 1.49. The van der Waals surface area contributed by atoms with Gasteiger partial charge in [-0.15, -0.1) is 0 Å². The molecule has 1 aromatic rings. The molecule has 25 heavy (non-hydrogen) atoms. The first kappa shape index (κ1) is 18.7. The Hall–Kier alpha value is -1.10.